The van der Waals surface area contributed by atoms with E-state index in [1.54, 1.807) is 6.08 Å². The van der Waals surface area contributed by atoms with Gasteiger partial charge in [0, 0.05) is 6.08 Å². The monoisotopic (exact) mass is 261 g/mol. The summed E-state index contributed by atoms with van der Waals surface area (Å²) in [6.45, 7) is 2.16. The third-order valence-electron chi connectivity index (χ3n) is 2.62. The second kappa shape index (κ2) is 10.3. The minimum absolute atomic E-state index is 1.14. The number of hydrogen-bond donors (Lipinski definition) is 0. The standard InChI is InChI=1S/C11H9N.C8H10/c12-10-6-2-5-9-11-7-3-1-4-8-11;1-2-8-6-4-3-5-7-8/h1-9H;3-7H,2H2,1H3. The lowest BCUT2D eigenvalue weighted by Crippen LogP contribution is -1.73. The Kier molecular flexibility index (Phi) is 8.00. The highest BCUT2D eigenvalue weighted by atomic mass is 14.2. The fourth-order valence-corrected chi connectivity index (χ4v) is 1.54. The van der Waals surface area contributed by atoms with Gasteiger partial charge in [-0.25, -0.2) is 0 Å². The maximum Gasteiger partial charge on any atom is 0.0912 e. The molecule has 0 amide bonds. The summed E-state index contributed by atoms with van der Waals surface area (Å²) in [4.78, 5) is 0. The summed E-state index contributed by atoms with van der Waals surface area (Å²) in [5, 5.41) is 8.19. The molecule has 0 spiro atoms. The lowest BCUT2D eigenvalue weighted by molar-refractivity contribution is 1.14. The molecule has 1 heteroatoms. The Morgan fingerprint density at radius 1 is 0.900 bits per heavy atom. The van der Waals surface area contributed by atoms with Crippen LogP contribution in [0.1, 0.15) is 18.1 Å². The maximum absolute atomic E-state index is 8.19. The van der Waals surface area contributed by atoms with E-state index < -0.39 is 0 Å². The van der Waals surface area contributed by atoms with Gasteiger partial charge < -0.3 is 0 Å². The predicted molar refractivity (Wildman–Crippen MR) is 86.0 cm³/mol. The van der Waals surface area contributed by atoms with Crippen LogP contribution in [0.2, 0.25) is 0 Å². The minimum atomic E-state index is 1.14. The van der Waals surface area contributed by atoms with Gasteiger partial charge in [0.05, 0.1) is 6.07 Å². The SMILES string of the molecule is CCc1ccccc1.N#CC=CC=Cc1ccccc1. The highest BCUT2D eigenvalue weighted by Gasteiger charge is 1.80. The molecule has 0 atom stereocenters. The molecule has 0 aliphatic carbocycles. The number of rotatable bonds is 3. The average molecular weight is 261 g/mol. The van der Waals surface area contributed by atoms with Crippen molar-refractivity contribution in [3.63, 3.8) is 0 Å². The molecule has 0 aliphatic heterocycles. The zero-order valence-electron chi connectivity index (χ0n) is 11.7. The van der Waals surface area contributed by atoms with Crippen molar-refractivity contribution in [1.82, 2.24) is 0 Å². The maximum atomic E-state index is 8.19. The lowest BCUT2D eigenvalue weighted by atomic mass is 10.2. The number of hydrogen-bond acceptors (Lipinski definition) is 1. The normalized spacial score (nSPS) is 10.0. The third kappa shape index (κ3) is 6.98. The number of nitrogens with zero attached hydrogens (tertiary/aromatic N) is 1. The Labute approximate surface area is 121 Å². The number of allylic oxidation sites excluding steroid dienone is 3. The third-order valence-corrected chi connectivity index (χ3v) is 2.62. The van der Waals surface area contributed by atoms with Crippen LogP contribution in [0, 0.1) is 11.3 Å². The van der Waals surface area contributed by atoms with Crippen molar-refractivity contribution in [3.8, 4) is 6.07 Å². The Morgan fingerprint density at radius 3 is 2.00 bits per heavy atom. The zero-order chi connectivity index (χ0) is 14.5. The van der Waals surface area contributed by atoms with Crippen molar-refractivity contribution in [2.45, 2.75) is 13.3 Å². The summed E-state index contributed by atoms with van der Waals surface area (Å²) < 4.78 is 0. The molecule has 0 aliphatic rings. The Hall–Kier alpha value is -2.59. The molecular weight excluding hydrogens is 242 g/mol. The quantitative estimate of drug-likeness (QED) is 0.561. The molecule has 0 aromatic heterocycles. The van der Waals surface area contributed by atoms with Gasteiger partial charge in [0.15, 0.2) is 0 Å². The van der Waals surface area contributed by atoms with Crippen LogP contribution in [0.5, 0.6) is 0 Å². The molecule has 1 nitrogen and oxygen atoms in total. The molecule has 0 N–H and O–H groups in total. The topological polar surface area (TPSA) is 23.8 Å². The van der Waals surface area contributed by atoms with Crippen LogP contribution in [-0.2, 0) is 6.42 Å². The first-order chi connectivity index (χ1) is 9.86. The molecule has 0 saturated heterocycles. The van der Waals surface area contributed by atoms with Crippen LogP contribution in [0.25, 0.3) is 6.08 Å². The summed E-state index contributed by atoms with van der Waals surface area (Å²) in [6.07, 6.45) is 8.10. The van der Waals surface area contributed by atoms with E-state index in [0.717, 1.165) is 12.0 Å². The van der Waals surface area contributed by atoms with Gasteiger partial charge in [0.1, 0.15) is 0 Å². The van der Waals surface area contributed by atoms with Crippen LogP contribution < -0.4 is 0 Å². The average Bonchev–Trinajstić information content (AvgIpc) is 2.54. The van der Waals surface area contributed by atoms with E-state index >= 15 is 0 Å². The van der Waals surface area contributed by atoms with Crippen molar-refractivity contribution in [1.29, 1.82) is 5.26 Å². The Bertz CT molecular complexity index is 560. The van der Waals surface area contributed by atoms with Crippen molar-refractivity contribution in [3.05, 3.63) is 90.0 Å². The summed E-state index contributed by atoms with van der Waals surface area (Å²) in [5.41, 5.74) is 2.55. The number of aryl methyl sites for hydroxylation is 1. The van der Waals surface area contributed by atoms with E-state index in [2.05, 4.69) is 31.2 Å². The molecule has 0 bridgehead atoms. The zero-order valence-corrected chi connectivity index (χ0v) is 11.7. The van der Waals surface area contributed by atoms with Crippen LogP contribution in [0.3, 0.4) is 0 Å². The van der Waals surface area contributed by atoms with E-state index in [1.807, 2.05) is 54.6 Å². The molecule has 0 heterocycles. The van der Waals surface area contributed by atoms with Crippen molar-refractivity contribution in [2.75, 3.05) is 0 Å². The van der Waals surface area contributed by atoms with Gasteiger partial charge in [-0.15, -0.1) is 0 Å². The smallest absolute Gasteiger partial charge is 0.0912 e. The molecule has 2 rings (SSSR count). The van der Waals surface area contributed by atoms with Crippen LogP contribution in [-0.4, -0.2) is 0 Å². The van der Waals surface area contributed by atoms with Crippen molar-refractivity contribution >= 4 is 6.08 Å². The van der Waals surface area contributed by atoms with E-state index in [0.29, 0.717) is 0 Å². The van der Waals surface area contributed by atoms with E-state index in [9.17, 15) is 0 Å². The fourth-order valence-electron chi connectivity index (χ4n) is 1.54. The minimum Gasteiger partial charge on any atom is -0.193 e. The molecule has 0 fully saturated rings. The number of benzene rings is 2. The van der Waals surface area contributed by atoms with Crippen molar-refractivity contribution in [2.24, 2.45) is 0 Å². The largest absolute Gasteiger partial charge is 0.193 e. The molecule has 20 heavy (non-hydrogen) atoms. The highest BCUT2D eigenvalue weighted by Crippen LogP contribution is 2.00. The van der Waals surface area contributed by atoms with Gasteiger partial charge in [-0.1, -0.05) is 85.8 Å². The molecule has 100 valence electrons. The second-order valence-electron chi connectivity index (χ2n) is 4.10. The van der Waals surface area contributed by atoms with Gasteiger partial charge in [0.25, 0.3) is 0 Å². The van der Waals surface area contributed by atoms with Crippen molar-refractivity contribution < 1.29 is 0 Å². The van der Waals surface area contributed by atoms with Gasteiger partial charge in [0.2, 0.25) is 0 Å². The Balaban J connectivity index is 0.000000217. The van der Waals surface area contributed by atoms with Gasteiger partial charge >= 0.3 is 0 Å². The summed E-state index contributed by atoms with van der Waals surface area (Å²) in [6, 6.07) is 22.3. The van der Waals surface area contributed by atoms with Gasteiger partial charge in [-0.2, -0.15) is 5.26 Å². The lowest BCUT2D eigenvalue weighted by Gasteiger charge is -1.89. The predicted octanol–water partition coefficient (Wildman–Crippen LogP) is 5.03. The van der Waals surface area contributed by atoms with E-state index in [4.69, 9.17) is 5.26 Å². The van der Waals surface area contributed by atoms with E-state index in [-0.39, 0.29) is 0 Å². The van der Waals surface area contributed by atoms with Crippen LogP contribution >= 0.6 is 0 Å². The number of nitriles is 1. The molecule has 2 aromatic rings. The fraction of sp³-hybridized carbons (Fsp3) is 0.105. The first-order valence-electron chi connectivity index (χ1n) is 6.68. The highest BCUT2D eigenvalue weighted by molar-refractivity contribution is 5.50. The molecule has 0 radical (unpaired) electrons. The first kappa shape index (κ1) is 15.5. The van der Waals surface area contributed by atoms with Gasteiger partial charge in [-0.05, 0) is 17.5 Å². The molecule has 0 saturated carbocycles. The summed E-state index contributed by atoms with van der Waals surface area (Å²) in [7, 11) is 0. The molecular formula is C19H19N. The van der Waals surface area contributed by atoms with E-state index in [1.165, 1.54) is 11.6 Å². The van der Waals surface area contributed by atoms with Crippen LogP contribution in [0.4, 0.5) is 0 Å². The van der Waals surface area contributed by atoms with Gasteiger partial charge in [-0.3, -0.25) is 0 Å². The summed E-state index contributed by atoms with van der Waals surface area (Å²) in [5.74, 6) is 0. The Morgan fingerprint density at radius 2 is 1.50 bits per heavy atom. The molecule has 0 unspecified atom stereocenters. The first-order valence-corrected chi connectivity index (χ1v) is 6.68. The second-order valence-corrected chi connectivity index (χ2v) is 4.10. The summed E-state index contributed by atoms with van der Waals surface area (Å²) >= 11 is 0. The van der Waals surface area contributed by atoms with Crippen LogP contribution in [0.15, 0.2) is 78.9 Å². The molecule has 2 aromatic carbocycles.